The summed E-state index contributed by atoms with van der Waals surface area (Å²) in [4.78, 5) is 34.6. The van der Waals surface area contributed by atoms with E-state index in [1.165, 1.54) is 30.6 Å². The smallest absolute Gasteiger partial charge is 0.303 e. The van der Waals surface area contributed by atoms with Gasteiger partial charge in [0.05, 0.1) is 12.5 Å². The van der Waals surface area contributed by atoms with Crippen LogP contribution in [0.2, 0.25) is 0 Å². The lowest BCUT2D eigenvalue weighted by molar-refractivity contribution is -0.138. The first kappa shape index (κ1) is 31.2. The lowest BCUT2D eigenvalue weighted by Gasteiger charge is -2.38. The number of nitrogens with zero attached hydrogens (tertiary/aromatic N) is 4. The molecule has 2 aliphatic carbocycles. The van der Waals surface area contributed by atoms with E-state index in [4.69, 9.17) is 4.74 Å². The van der Waals surface area contributed by atoms with Crippen molar-refractivity contribution in [1.29, 1.82) is 0 Å². The van der Waals surface area contributed by atoms with Crippen LogP contribution in [0.15, 0.2) is 43.0 Å². The third kappa shape index (κ3) is 5.60. The highest BCUT2D eigenvalue weighted by Crippen LogP contribution is 2.64. The van der Waals surface area contributed by atoms with Gasteiger partial charge in [-0.05, 0) is 60.2 Å². The van der Waals surface area contributed by atoms with Gasteiger partial charge in [-0.1, -0.05) is 44.7 Å². The highest BCUT2D eigenvalue weighted by atomic mass is 32.2. The van der Waals surface area contributed by atoms with Crippen LogP contribution in [0.25, 0.3) is 5.70 Å². The van der Waals surface area contributed by atoms with Gasteiger partial charge in [0.15, 0.2) is 0 Å². The number of carbonyl (C=O) groups is 2. The van der Waals surface area contributed by atoms with E-state index in [0.717, 1.165) is 59.5 Å². The number of carbonyl (C=O) groups excluding carboxylic acids is 2. The lowest BCUT2D eigenvalue weighted by atomic mass is 9.84. The summed E-state index contributed by atoms with van der Waals surface area (Å²) in [5.74, 6) is 0.797. The highest BCUT2D eigenvalue weighted by Gasteiger charge is 2.64. The standard InChI is InChI=1S/C35H45N5O5S/c1-24-29-12-11-28(45-3)21-30(29)31-22-35(31)23-40(24)32-20-27(10-9-26(32)19-25-7-5-4-6-8-25)33(41)36-46(43,44)37(2)13-14-38-15-17-39(18-16-38)34(35)42/h9-12,20-21,25,31H,1,4-8,13-19,22-23H2,2-3H3,(H,36,41). The number of anilines is 1. The molecule has 11 heteroatoms. The van der Waals surface area contributed by atoms with Crippen molar-refractivity contribution in [3.63, 3.8) is 0 Å². The Kier molecular flexibility index (Phi) is 8.13. The van der Waals surface area contributed by atoms with Crippen LogP contribution in [0.5, 0.6) is 5.75 Å². The fraction of sp³-hybridized carbons (Fsp3) is 0.543. The van der Waals surface area contributed by atoms with Crippen LogP contribution in [-0.4, -0.2) is 94.3 Å². The maximum absolute atomic E-state index is 14.6. The molecule has 2 aromatic carbocycles. The van der Waals surface area contributed by atoms with Gasteiger partial charge in [0.1, 0.15) is 5.75 Å². The third-order valence-corrected chi connectivity index (χ3v) is 12.6. The number of amides is 2. The molecule has 1 N–H and O–H groups in total. The topological polar surface area (TPSA) is 102 Å². The maximum atomic E-state index is 14.6. The first-order valence-corrected chi connectivity index (χ1v) is 18.1. The third-order valence-electron chi connectivity index (χ3n) is 11.1. The number of likely N-dealkylation sites (N-methyl/N-ethyl adjacent to an activating group) is 1. The second-order valence-electron chi connectivity index (χ2n) is 13.8. The number of rotatable bonds is 3. The lowest BCUT2D eigenvalue weighted by Crippen LogP contribution is -2.53. The van der Waals surface area contributed by atoms with Crippen LogP contribution >= 0.6 is 0 Å². The summed E-state index contributed by atoms with van der Waals surface area (Å²) in [5.41, 5.74) is 4.36. The van der Waals surface area contributed by atoms with E-state index in [0.29, 0.717) is 45.2 Å². The Morgan fingerprint density at radius 3 is 2.46 bits per heavy atom. The number of hydrogen-bond donors (Lipinski definition) is 1. The number of ether oxygens (including phenoxy) is 1. The van der Waals surface area contributed by atoms with E-state index in [1.54, 1.807) is 13.2 Å². The fourth-order valence-corrected chi connectivity index (χ4v) is 8.97. The SMILES string of the molecule is C=C1c2ccc(OC)cc2C2CC23CN1c1cc(ccc1CC1CCCCC1)C(=O)NS(=O)(=O)N(C)CCN1CCN(CC1)C3=O. The average molecular weight is 648 g/mol. The number of benzene rings is 2. The van der Waals surface area contributed by atoms with E-state index in [2.05, 4.69) is 27.2 Å². The maximum Gasteiger partial charge on any atom is 0.303 e. The fourth-order valence-electron chi connectivity index (χ4n) is 8.14. The van der Waals surface area contributed by atoms with Gasteiger partial charge in [-0.2, -0.15) is 12.7 Å². The molecule has 2 amide bonds. The number of hydrogen-bond acceptors (Lipinski definition) is 7. The number of methoxy groups -OCH3 is 1. The Morgan fingerprint density at radius 1 is 0.978 bits per heavy atom. The monoisotopic (exact) mass is 647 g/mol. The first-order valence-electron chi connectivity index (χ1n) is 16.7. The number of piperazine rings is 1. The quantitative estimate of drug-likeness (QED) is 0.540. The first-order chi connectivity index (χ1) is 22.1. The van der Waals surface area contributed by atoms with Crippen molar-refractivity contribution in [1.82, 2.24) is 18.8 Å². The minimum atomic E-state index is -4.06. The number of fused-ring (bicyclic) bond motifs is 9. The Balaban J connectivity index is 1.37. The molecule has 6 aliphatic rings. The van der Waals surface area contributed by atoms with Gasteiger partial charge >= 0.3 is 10.2 Å². The molecule has 1 saturated heterocycles. The van der Waals surface area contributed by atoms with E-state index < -0.39 is 21.5 Å². The second-order valence-corrected chi connectivity index (χ2v) is 15.6. The van der Waals surface area contributed by atoms with Gasteiger partial charge in [-0.15, -0.1) is 0 Å². The minimum absolute atomic E-state index is 0.0269. The van der Waals surface area contributed by atoms with Crippen molar-refractivity contribution < 1.29 is 22.7 Å². The van der Waals surface area contributed by atoms with Gasteiger partial charge in [0.25, 0.3) is 5.91 Å². The number of nitrogens with one attached hydrogen (secondary N) is 1. The van der Waals surface area contributed by atoms with Crippen LogP contribution in [0.4, 0.5) is 5.69 Å². The van der Waals surface area contributed by atoms with Gasteiger partial charge in [-0.25, -0.2) is 4.72 Å². The van der Waals surface area contributed by atoms with Crippen molar-refractivity contribution in [2.45, 2.75) is 50.9 Å². The van der Waals surface area contributed by atoms with Crippen molar-refractivity contribution in [2.24, 2.45) is 11.3 Å². The molecule has 3 fully saturated rings. The largest absolute Gasteiger partial charge is 0.497 e. The van der Waals surface area contributed by atoms with Crippen LogP contribution in [0.3, 0.4) is 0 Å². The second kappa shape index (κ2) is 12.0. The molecule has 1 spiro atoms. The molecule has 10 nitrogen and oxygen atoms in total. The summed E-state index contributed by atoms with van der Waals surface area (Å²) in [6, 6.07) is 11.6. The van der Waals surface area contributed by atoms with Gasteiger partial charge in [-0.3, -0.25) is 14.5 Å². The minimum Gasteiger partial charge on any atom is -0.497 e. The van der Waals surface area contributed by atoms with Gasteiger partial charge < -0.3 is 14.5 Å². The predicted molar refractivity (Wildman–Crippen MR) is 178 cm³/mol. The molecule has 2 aromatic rings. The highest BCUT2D eigenvalue weighted by molar-refractivity contribution is 7.87. The molecule has 8 rings (SSSR count). The van der Waals surface area contributed by atoms with E-state index in [9.17, 15) is 18.0 Å². The van der Waals surface area contributed by atoms with Gasteiger partial charge in [0, 0.05) is 81.3 Å². The van der Waals surface area contributed by atoms with Crippen molar-refractivity contribution in [2.75, 3.05) is 64.9 Å². The summed E-state index contributed by atoms with van der Waals surface area (Å²) in [6.07, 6.45) is 7.59. The van der Waals surface area contributed by atoms with Gasteiger partial charge in [0.2, 0.25) is 5.91 Å². The molecule has 4 aliphatic heterocycles. The Labute approximate surface area is 272 Å². The zero-order valence-electron chi connectivity index (χ0n) is 27.0. The normalized spacial score (nSPS) is 27.3. The van der Waals surface area contributed by atoms with Crippen LogP contribution in [0, 0.1) is 11.3 Å². The summed E-state index contributed by atoms with van der Waals surface area (Å²) < 4.78 is 35.6. The zero-order valence-corrected chi connectivity index (χ0v) is 27.8. The molecule has 2 saturated carbocycles. The van der Waals surface area contributed by atoms with Crippen molar-refractivity contribution in [3.05, 3.63) is 65.2 Å². The molecule has 2 unspecified atom stereocenters. The average Bonchev–Trinajstić information content (AvgIpc) is 3.81. The molecule has 246 valence electrons. The molecular formula is C35H45N5O5S. The predicted octanol–water partition coefficient (Wildman–Crippen LogP) is 3.85. The van der Waals surface area contributed by atoms with Crippen LogP contribution < -0.4 is 14.4 Å². The Bertz CT molecular complexity index is 1660. The molecule has 0 radical (unpaired) electrons. The summed E-state index contributed by atoms with van der Waals surface area (Å²) in [7, 11) is -0.910. The molecule has 4 heterocycles. The van der Waals surface area contributed by atoms with Crippen molar-refractivity contribution in [3.8, 4) is 5.75 Å². The molecule has 6 bridgehead atoms. The zero-order chi connectivity index (χ0) is 32.2. The van der Waals surface area contributed by atoms with Crippen molar-refractivity contribution >= 4 is 33.4 Å². The van der Waals surface area contributed by atoms with Crippen LogP contribution in [0.1, 0.15) is 71.5 Å². The Hall–Kier alpha value is -3.41. The summed E-state index contributed by atoms with van der Waals surface area (Å²) in [5, 5.41) is 0. The summed E-state index contributed by atoms with van der Waals surface area (Å²) >= 11 is 0. The molecular weight excluding hydrogens is 602 g/mol. The van der Waals surface area contributed by atoms with E-state index >= 15 is 0 Å². The van der Waals surface area contributed by atoms with Crippen LogP contribution in [-0.2, 0) is 21.4 Å². The molecule has 2 atom stereocenters. The van der Waals surface area contributed by atoms with E-state index in [1.807, 2.05) is 29.2 Å². The molecule has 46 heavy (non-hydrogen) atoms. The molecule has 0 aromatic heterocycles. The van der Waals surface area contributed by atoms with E-state index in [-0.39, 0.29) is 23.9 Å². The summed E-state index contributed by atoms with van der Waals surface area (Å²) in [6.45, 7) is 8.31. The Morgan fingerprint density at radius 2 is 1.72 bits per heavy atom.